The van der Waals surface area contributed by atoms with Crippen molar-refractivity contribution in [3.63, 3.8) is 0 Å². The molecule has 0 spiro atoms. The summed E-state index contributed by atoms with van der Waals surface area (Å²) in [5.41, 5.74) is 0.233. The van der Waals surface area contributed by atoms with Crippen LogP contribution in [0.1, 0.15) is 44.1 Å². The highest BCUT2D eigenvalue weighted by molar-refractivity contribution is 5.76. The minimum Gasteiger partial charge on any atom is -0.355 e. The van der Waals surface area contributed by atoms with Crippen molar-refractivity contribution in [3.8, 4) is 0 Å². The summed E-state index contributed by atoms with van der Waals surface area (Å²) < 4.78 is 39.8. The van der Waals surface area contributed by atoms with Gasteiger partial charge in [-0.05, 0) is 24.5 Å². The van der Waals surface area contributed by atoms with Crippen LogP contribution in [0.4, 0.5) is 13.2 Å². The zero-order valence-electron chi connectivity index (χ0n) is 12.4. The van der Waals surface area contributed by atoms with Crippen LogP contribution < -0.4 is 5.32 Å². The number of nitrogens with one attached hydrogen (secondary N) is 1. The predicted octanol–water partition coefficient (Wildman–Crippen LogP) is 3.80. The molecule has 2 aliphatic carbocycles. The molecule has 1 amide bonds. The topological polar surface area (TPSA) is 29.1 Å². The molecule has 2 fully saturated rings. The molecule has 1 N–H and O–H groups in total. The molecule has 0 heterocycles. The molecule has 0 radical (unpaired) electrons. The van der Waals surface area contributed by atoms with Gasteiger partial charge in [-0.15, -0.1) is 0 Å². The summed E-state index contributed by atoms with van der Waals surface area (Å²) >= 11 is 0. The fourth-order valence-electron chi connectivity index (χ4n) is 3.54. The van der Waals surface area contributed by atoms with Crippen molar-refractivity contribution in [3.05, 3.63) is 35.6 Å². The summed E-state index contributed by atoms with van der Waals surface area (Å²) in [7, 11) is 0. The highest BCUT2D eigenvalue weighted by atomic mass is 19.3. The number of benzene rings is 1. The first-order valence-corrected chi connectivity index (χ1v) is 7.82. The maximum Gasteiger partial charge on any atom is 0.252 e. The van der Waals surface area contributed by atoms with E-state index in [2.05, 4.69) is 5.32 Å². The third-order valence-electron chi connectivity index (χ3n) is 5.02. The van der Waals surface area contributed by atoms with Gasteiger partial charge in [-0.25, -0.2) is 13.2 Å². The Hall–Kier alpha value is -1.52. The fraction of sp³-hybridized carbons (Fsp3) is 0.588. The van der Waals surface area contributed by atoms with Crippen LogP contribution in [-0.2, 0) is 10.2 Å². The van der Waals surface area contributed by atoms with Crippen molar-refractivity contribution in [2.45, 2.75) is 49.9 Å². The second kappa shape index (κ2) is 5.60. The first-order chi connectivity index (χ1) is 10.4. The zero-order valence-corrected chi connectivity index (χ0v) is 12.4. The zero-order chi connectivity index (χ0) is 15.8. The molecule has 2 nitrogen and oxygen atoms in total. The van der Waals surface area contributed by atoms with E-state index in [-0.39, 0.29) is 24.6 Å². The lowest BCUT2D eigenvalue weighted by molar-refractivity contribution is -0.122. The van der Waals surface area contributed by atoms with E-state index in [4.69, 9.17) is 0 Å². The highest BCUT2D eigenvalue weighted by Crippen LogP contribution is 2.50. The number of halogens is 3. The molecule has 3 rings (SSSR count). The van der Waals surface area contributed by atoms with Crippen LogP contribution in [0.5, 0.6) is 0 Å². The Morgan fingerprint density at radius 2 is 1.86 bits per heavy atom. The fourth-order valence-corrected chi connectivity index (χ4v) is 3.54. The quantitative estimate of drug-likeness (QED) is 0.880. The first kappa shape index (κ1) is 15.4. The Balaban J connectivity index is 1.65. The van der Waals surface area contributed by atoms with E-state index < -0.39 is 17.3 Å². The van der Waals surface area contributed by atoms with E-state index >= 15 is 0 Å². The lowest BCUT2D eigenvalue weighted by Crippen LogP contribution is -2.39. The van der Waals surface area contributed by atoms with Crippen molar-refractivity contribution < 1.29 is 18.0 Å². The number of hydrogen-bond donors (Lipinski definition) is 1. The van der Waals surface area contributed by atoms with E-state index in [1.807, 2.05) is 0 Å². The van der Waals surface area contributed by atoms with Crippen molar-refractivity contribution in [1.82, 2.24) is 5.32 Å². The van der Waals surface area contributed by atoms with Gasteiger partial charge in [-0.2, -0.15) is 0 Å². The van der Waals surface area contributed by atoms with E-state index in [1.165, 1.54) is 6.07 Å². The van der Waals surface area contributed by atoms with Crippen LogP contribution in [0.25, 0.3) is 0 Å². The van der Waals surface area contributed by atoms with Gasteiger partial charge >= 0.3 is 0 Å². The van der Waals surface area contributed by atoms with Crippen LogP contribution in [-0.4, -0.2) is 18.4 Å². The summed E-state index contributed by atoms with van der Waals surface area (Å²) in [6, 6.07) is 6.64. The summed E-state index contributed by atoms with van der Waals surface area (Å²) in [5.74, 6) is -4.11. The van der Waals surface area contributed by atoms with Crippen molar-refractivity contribution >= 4 is 5.91 Å². The number of alkyl halides is 2. The van der Waals surface area contributed by atoms with Gasteiger partial charge in [-0.3, -0.25) is 4.79 Å². The normalized spacial score (nSPS) is 25.0. The molecule has 1 atom stereocenters. The van der Waals surface area contributed by atoms with Crippen molar-refractivity contribution in [2.24, 2.45) is 5.92 Å². The standard InChI is InChI=1S/C17H20F3NO/c18-14-6-2-1-5-13(14)16(7-3-4-8-16)11-21-15(22)9-12-10-17(12,19)20/h1-2,5-6,12H,3-4,7-11H2,(H,21,22)/t12-/m0/s1. The molecule has 5 heteroatoms. The maximum atomic E-state index is 14.1. The molecule has 0 saturated heterocycles. The third-order valence-corrected chi connectivity index (χ3v) is 5.02. The Morgan fingerprint density at radius 3 is 2.45 bits per heavy atom. The van der Waals surface area contributed by atoms with Crippen LogP contribution in [0, 0.1) is 11.7 Å². The molecular weight excluding hydrogens is 291 g/mol. The van der Waals surface area contributed by atoms with Gasteiger partial charge < -0.3 is 5.32 Å². The number of hydrogen-bond acceptors (Lipinski definition) is 1. The Morgan fingerprint density at radius 1 is 1.23 bits per heavy atom. The minimum absolute atomic E-state index is 0.139. The highest BCUT2D eigenvalue weighted by Gasteiger charge is 2.57. The molecule has 0 aliphatic heterocycles. The summed E-state index contributed by atoms with van der Waals surface area (Å²) in [4.78, 5) is 11.9. The Kier molecular flexibility index (Phi) is 3.91. The second-order valence-electron chi connectivity index (χ2n) is 6.61. The number of amides is 1. The lowest BCUT2D eigenvalue weighted by Gasteiger charge is -2.30. The van der Waals surface area contributed by atoms with Crippen molar-refractivity contribution in [2.75, 3.05) is 6.54 Å². The van der Waals surface area contributed by atoms with Crippen molar-refractivity contribution in [1.29, 1.82) is 0 Å². The average Bonchev–Trinajstić information content (AvgIpc) is 2.89. The molecular formula is C17H20F3NO. The second-order valence-corrected chi connectivity index (χ2v) is 6.61. The molecule has 1 aromatic rings. The SMILES string of the molecule is O=C(C[C@H]1CC1(F)F)NCC1(c2ccccc2F)CCCC1. The van der Waals surface area contributed by atoms with Crippen LogP contribution in [0.3, 0.4) is 0 Å². The summed E-state index contributed by atoms with van der Waals surface area (Å²) in [6.07, 6.45) is 3.27. The molecule has 1 aromatic carbocycles. The summed E-state index contributed by atoms with van der Waals surface area (Å²) in [6.45, 7) is 0.324. The molecule has 22 heavy (non-hydrogen) atoms. The first-order valence-electron chi connectivity index (χ1n) is 7.82. The Bertz CT molecular complexity index is 567. The van der Waals surface area contributed by atoms with Gasteiger partial charge in [0.1, 0.15) is 5.82 Å². The van der Waals surface area contributed by atoms with Crippen LogP contribution >= 0.6 is 0 Å². The van der Waals surface area contributed by atoms with Gasteiger partial charge in [0.15, 0.2) is 0 Å². The molecule has 2 aliphatic rings. The van der Waals surface area contributed by atoms with E-state index in [1.54, 1.807) is 18.2 Å². The molecule has 120 valence electrons. The maximum absolute atomic E-state index is 14.1. The van der Waals surface area contributed by atoms with Gasteiger partial charge in [-0.1, -0.05) is 31.0 Å². The summed E-state index contributed by atoms with van der Waals surface area (Å²) in [5, 5.41) is 2.76. The van der Waals surface area contributed by atoms with E-state index in [9.17, 15) is 18.0 Å². The van der Waals surface area contributed by atoms with Gasteiger partial charge in [0.25, 0.3) is 5.92 Å². The predicted molar refractivity (Wildman–Crippen MR) is 77.2 cm³/mol. The minimum atomic E-state index is -2.67. The average molecular weight is 311 g/mol. The van der Waals surface area contributed by atoms with Gasteiger partial charge in [0, 0.05) is 30.7 Å². The molecule has 2 saturated carbocycles. The largest absolute Gasteiger partial charge is 0.355 e. The van der Waals surface area contributed by atoms with Crippen LogP contribution in [0.2, 0.25) is 0 Å². The number of carbonyl (C=O) groups is 1. The number of rotatable bonds is 5. The molecule has 0 unspecified atom stereocenters. The monoisotopic (exact) mass is 311 g/mol. The van der Waals surface area contributed by atoms with Gasteiger partial charge in [0.2, 0.25) is 5.91 Å². The van der Waals surface area contributed by atoms with Gasteiger partial charge in [0.05, 0.1) is 0 Å². The number of carbonyl (C=O) groups excluding carboxylic acids is 1. The lowest BCUT2D eigenvalue weighted by atomic mass is 9.78. The molecule has 0 aromatic heterocycles. The van der Waals surface area contributed by atoms with E-state index in [0.717, 1.165) is 25.7 Å². The smallest absolute Gasteiger partial charge is 0.252 e. The Labute approximate surface area is 128 Å². The van der Waals surface area contributed by atoms with E-state index in [0.29, 0.717) is 12.1 Å². The van der Waals surface area contributed by atoms with Crippen LogP contribution in [0.15, 0.2) is 24.3 Å². The molecule has 0 bridgehead atoms. The third kappa shape index (κ3) is 2.99.